The molecule has 3 aliphatic rings. The molecule has 2 heterocycles. The molecule has 3 rings (SSSR count). The molecule has 3 fully saturated rings. The molecule has 3 amide bonds. The highest BCUT2D eigenvalue weighted by atomic mass is 16.2. The SMILES string of the molecule is NC(CNC(=O)C1CCN(C(=O)N2CCCC2)CC1)C1CC1. The van der Waals surface area contributed by atoms with Crippen molar-refractivity contribution in [3.05, 3.63) is 0 Å². The van der Waals surface area contributed by atoms with Gasteiger partial charge in [0.2, 0.25) is 5.91 Å². The summed E-state index contributed by atoms with van der Waals surface area (Å²) in [5, 5.41) is 2.99. The Kier molecular flexibility index (Phi) is 4.86. The molecule has 0 aromatic heterocycles. The van der Waals surface area contributed by atoms with E-state index in [1.54, 1.807) is 0 Å². The van der Waals surface area contributed by atoms with Crippen LogP contribution in [-0.2, 0) is 4.79 Å². The lowest BCUT2D eigenvalue weighted by molar-refractivity contribution is -0.126. The van der Waals surface area contributed by atoms with Gasteiger partial charge in [0, 0.05) is 44.7 Å². The zero-order chi connectivity index (χ0) is 15.5. The number of nitrogens with two attached hydrogens (primary N) is 1. The molecule has 1 unspecified atom stereocenters. The van der Waals surface area contributed by atoms with Gasteiger partial charge < -0.3 is 20.9 Å². The highest BCUT2D eigenvalue weighted by Gasteiger charge is 2.32. The van der Waals surface area contributed by atoms with Crippen molar-refractivity contribution in [3.63, 3.8) is 0 Å². The molecule has 6 heteroatoms. The summed E-state index contributed by atoms with van der Waals surface area (Å²) in [5.74, 6) is 0.763. The predicted octanol–water partition coefficient (Wildman–Crippen LogP) is 0.768. The summed E-state index contributed by atoms with van der Waals surface area (Å²) in [6.45, 7) is 3.76. The van der Waals surface area contributed by atoms with Gasteiger partial charge in [-0.05, 0) is 44.4 Å². The first-order valence-corrected chi connectivity index (χ1v) is 8.72. The van der Waals surface area contributed by atoms with Crippen molar-refractivity contribution in [3.8, 4) is 0 Å². The molecule has 0 radical (unpaired) electrons. The number of carbonyl (C=O) groups is 2. The summed E-state index contributed by atoms with van der Waals surface area (Å²) in [6, 6.07) is 0.271. The van der Waals surface area contributed by atoms with E-state index >= 15 is 0 Å². The van der Waals surface area contributed by atoms with E-state index in [4.69, 9.17) is 5.73 Å². The Hall–Kier alpha value is -1.30. The number of nitrogens with zero attached hydrogens (tertiary/aromatic N) is 2. The number of nitrogens with one attached hydrogen (secondary N) is 1. The summed E-state index contributed by atoms with van der Waals surface area (Å²) >= 11 is 0. The van der Waals surface area contributed by atoms with Gasteiger partial charge in [0.1, 0.15) is 0 Å². The van der Waals surface area contributed by atoms with Gasteiger partial charge in [-0.15, -0.1) is 0 Å². The van der Waals surface area contributed by atoms with E-state index in [1.165, 1.54) is 12.8 Å². The molecule has 1 aliphatic carbocycles. The number of piperidine rings is 1. The normalized spacial score (nSPS) is 24.4. The van der Waals surface area contributed by atoms with E-state index in [1.807, 2.05) is 9.80 Å². The van der Waals surface area contributed by atoms with E-state index in [9.17, 15) is 9.59 Å². The maximum absolute atomic E-state index is 12.3. The van der Waals surface area contributed by atoms with Crippen molar-refractivity contribution < 1.29 is 9.59 Å². The van der Waals surface area contributed by atoms with Crippen LogP contribution in [0.5, 0.6) is 0 Å². The fraction of sp³-hybridized carbons (Fsp3) is 0.875. The smallest absolute Gasteiger partial charge is 0.319 e. The molecule has 0 spiro atoms. The molecular weight excluding hydrogens is 280 g/mol. The van der Waals surface area contributed by atoms with E-state index in [0.717, 1.165) is 38.8 Å². The number of hydrogen-bond donors (Lipinski definition) is 2. The summed E-state index contributed by atoms with van der Waals surface area (Å²) in [5.41, 5.74) is 6.02. The maximum atomic E-state index is 12.3. The van der Waals surface area contributed by atoms with Gasteiger partial charge in [-0.1, -0.05) is 0 Å². The average molecular weight is 308 g/mol. The third kappa shape index (κ3) is 3.72. The molecule has 2 aliphatic heterocycles. The summed E-state index contributed by atoms with van der Waals surface area (Å²) in [4.78, 5) is 28.4. The van der Waals surface area contributed by atoms with Gasteiger partial charge in [0.25, 0.3) is 0 Å². The average Bonchev–Trinajstić information content (AvgIpc) is 3.26. The second-order valence-electron chi connectivity index (χ2n) is 6.98. The standard InChI is InChI=1S/C16H28N4O2/c17-14(12-3-4-12)11-18-15(21)13-5-9-20(10-6-13)16(22)19-7-1-2-8-19/h12-14H,1-11,17H2,(H,18,21). The first-order chi connectivity index (χ1) is 10.6. The van der Waals surface area contributed by atoms with Crippen molar-refractivity contribution >= 4 is 11.9 Å². The van der Waals surface area contributed by atoms with Gasteiger partial charge >= 0.3 is 6.03 Å². The van der Waals surface area contributed by atoms with Gasteiger partial charge in [0.05, 0.1) is 0 Å². The molecular formula is C16H28N4O2. The summed E-state index contributed by atoms with van der Waals surface area (Å²) < 4.78 is 0. The van der Waals surface area contributed by atoms with Crippen LogP contribution in [0.1, 0.15) is 38.5 Å². The largest absolute Gasteiger partial charge is 0.354 e. The van der Waals surface area contributed by atoms with Crippen molar-refractivity contribution in [1.29, 1.82) is 0 Å². The fourth-order valence-electron chi connectivity index (χ4n) is 3.50. The number of likely N-dealkylation sites (tertiary alicyclic amines) is 2. The zero-order valence-electron chi connectivity index (χ0n) is 13.3. The topological polar surface area (TPSA) is 78.7 Å². The highest BCUT2D eigenvalue weighted by molar-refractivity contribution is 5.79. The first-order valence-electron chi connectivity index (χ1n) is 8.72. The molecule has 1 atom stereocenters. The van der Waals surface area contributed by atoms with Gasteiger partial charge in [-0.3, -0.25) is 4.79 Å². The van der Waals surface area contributed by atoms with Crippen molar-refractivity contribution in [2.45, 2.75) is 44.6 Å². The fourth-order valence-corrected chi connectivity index (χ4v) is 3.50. The Morgan fingerprint density at radius 2 is 1.59 bits per heavy atom. The van der Waals surface area contributed by atoms with Gasteiger partial charge in [-0.2, -0.15) is 0 Å². The van der Waals surface area contributed by atoms with Crippen LogP contribution in [0.3, 0.4) is 0 Å². The Labute approximate surface area is 132 Å². The number of urea groups is 1. The third-order valence-corrected chi connectivity index (χ3v) is 5.25. The number of hydrogen-bond acceptors (Lipinski definition) is 3. The lowest BCUT2D eigenvalue weighted by atomic mass is 9.96. The Morgan fingerprint density at radius 1 is 1.00 bits per heavy atom. The predicted molar refractivity (Wildman–Crippen MR) is 84.2 cm³/mol. The molecule has 6 nitrogen and oxygen atoms in total. The molecule has 0 aromatic rings. The van der Waals surface area contributed by atoms with E-state index in [2.05, 4.69) is 5.32 Å². The highest BCUT2D eigenvalue weighted by Crippen LogP contribution is 2.31. The first kappa shape index (κ1) is 15.6. The van der Waals surface area contributed by atoms with Crippen LogP contribution in [0.25, 0.3) is 0 Å². The van der Waals surface area contributed by atoms with Crippen LogP contribution in [0, 0.1) is 11.8 Å². The Morgan fingerprint density at radius 3 is 2.18 bits per heavy atom. The van der Waals surface area contributed by atoms with Crippen molar-refractivity contribution in [1.82, 2.24) is 15.1 Å². The van der Waals surface area contributed by atoms with Crippen molar-refractivity contribution in [2.75, 3.05) is 32.7 Å². The zero-order valence-corrected chi connectivity index (χ0v) is 13.3. The van der Waals surface area contributed by atoms with Gasteiger partial charge in [0.15, 0.2) is 0 Å². The number of rotatable bonds is 4. The summed E-state index contributed by atoms with van der Waals surface area (Å²) in [7, 11) is 0. The molecule has 124 valence electrons. The van der Waals surface area contributed by atoms with E-state index in [-0.39, 0.29) is 23.9 Å². The van der Waals surface area contributed by atoms with E-state index in [0.29, 0.717) is 25.6 Å². The molecule has 22 heavy (non-hydrogen) atoms. The van der Waals surface area contributed by atoms with Crippen LogP contribution in [-0.4, -0.2) is 60.5 Å². The Balaban J connectivity index is 1.38. The van der Waals surface area contributed by atoms with E-state index < -0.39 is 0 Å². The molecule has 3 N–H and O–H groups in total. The third-order valence-electron chi connectivity index (χ3n) is 5.25. The van der Waals surface area contributed by atoms with Crippen LogP contribution in [0.4, 0.5) is 4.79 Å². The van der Waals surface area contributed by atoms with Gasteiger partial charge in [-0.25, -0.2) is 4.79 Å². The lowest BCUT2D eigenvalue weighted by Crippen LogP contribution is -2.48. The van der Waals surface area contributed by atoms with Crippen molar-refractivity contribution in [2.24, 2.45) is 17.6 Å². The summed E-state index contributed by atoms with van der Waals surface area (Å²) in [6.07, 6.45) is 6.17. The number of amides is 3. The Bertz CT molecular complexity index is 410. The minimum absolute atomic E-state index is 0.0361. The molecule has 1 saturated carbocycles. The minimum Gasteiger partial charge on any atom is -0.354 e. The molecule has 0 bridgehead atoms. The van der Waals surface area contributed by atoms with Crippen LogP contribution < -0.4 is 11.1 Å². The quantitative estimate of drug-likeness (QED) is 0.805. The van der Waals surface area contributed by atoms with Crippen LogP contribution in [0.15, 0.2) is 0 Å². The minimum atomic E-state index is 0.0361. The molecule has 0 aromatic carbocycles. The van der Waals surface area contributed by atoms with Crippen LogP contribution in [0.2, 0.25) is 0 Å². The maximum Gasteiger partial charge on any atom is 0.319 e. The van der Waals surface area contributed by atoms with Crippen LogP contribution >= 0.6 is 0 Å². The second-order valence-corrected chi connectivity index (χ2v) is 6.98. The molecule has 2 saturated heterocycles. The second kappa shape index (κ2) is 6.86. The number of carbonyl (C=O) groups excluding carboxylic acids is 2. The monoisotopic (exact) mass is 308 g/mol. The lowest BCUT2D eigenvalue weighted by Gasteiger charge is -2.34.